The number of sulfonamides is 1. The number of fused-ring (bicyclic) bond motifs is 2. The van der Waals surface area contributed by atoms with Crippen molar-refractivity contribution in [2.24, 2.45) is 7.05 Å². The summed E-state index contributed by atoms with van der Waals surface area (Å²) in [7, 11) is -2.28. The minimum atomic E-state index is -3.97. The predicted octanol–water partition coefficient (Wildman–Crippen LogP) is 4.49. The Morgan fingerprint density at radius 2 is 1.78 bits per heavy atom. The first-order valence-corrected chi connectivity index (χ1v) is 14.0. The fourth-order valence-electron chi connectivity index (χ4n) is 4.24. The first kappa shape index (κ1) is 25.0. The van der Waals surface area contributed by atoms with Gasteiger partial charge in [-0.25, -0.2) is 8.42 Å². The maximum Gasteiger partial charge on any atom is 0.307 e. The molecule has 1 atom stereocenters. The van der Waals surface area contributed by atoms with E-state index in [4.69, 9.17) is 4.74 Å². The Labute approximate surface area is 219 Å². The first-order valence-electron chi connectivity index (χ1n) is 11.7. The third-order valence-corrected chi connectivity index (χ3v) is 9.17. The lowest BCUT2D eigenvalue weighted by Gasteiger charge is -2.36. The van der Waals surface area contributed by atoms with Crippen LogP contribution in [-0.4, -0.2) is 31.5 Å². The normalized spacial score (nSPS) is 15.8. The molecule has 0 spiro atoms. The van der Waals surface area contributed by atoms with Crippen molar-refractivity contribution >= 4 is 48.9 Å². The first-order chi connectivity index (χ1) is 17.4. The zero-order valence-corrected chi connectivity index (χ0v) is 22.5. The number of thiazole rings is 1. The van der Waals surface area contributed by atoms with Crippen molar-refractivity contribution < 1.29 is 17.9 Å². The van der Waals surface area contributed by atoms with Gasteiger partial charge in [0.15, 0.2) is 6.10 Å². The standard InChI is InChI=1S/C27H27N3O5S2/c1-27(2,3)17-10-13-22-21(14-17)30(37(33,34)19-8-6-5-7-9-19)16-23(35-22)25(31)28-18-11-12-20-24(15-18)36-26(32)29(20)4/h5-15,23H,16H2,1-4H3,(H,28,31)/t23-/m1/s1. The summed E-state index contributed by atoms with van der Waals surface area (Å²) in [5, 5.41) is 2.82. The number of hydrogen-bond donors (Lipinski definition) is 1. The molecule has 0 bridgehead atoms. The smallest absolute Gasteiger partial charge is 0.307 e. The second-order valence-corrected chi connectivity index (χ2v) is 12.8. The van der Waals surface area contributed by atoms with E-state index in [1.54, 1.807) is 54.1 Å². The van der Waals surface area contributed by atoms with E-state index in [0.717, 1.165) is 27.1 Å². The molecule has 4 aromatic rings. The molecule has 1 amide bonds. The second-order valence-electron chi connectivity index (χ2n) is 9.99. The molecule has 0 saturated heterocycles. The summed E-state index contributed by atoms with van der Waals surface area (Å²) >= 11 is 1.09. The van der Waals surface area contributed by atoms with Crippen LogP contribution in [0.5, 0.6) is 5.75 Å². The Kier molecular flexibility index (Phi) is 6.12. The molecule has 1 aliphatic heterocycles. The largest absolute Gasteiger partial charge is 0.476 e. The summed E-state index contributed by atoms with van der Waals surface area (Å²) in [6, 6.07) is 18.8. The summed E-state index contributed by atoms with van der Waals surface area (Å²) < 4.78 is 37.0. The highest BCUT2D eigenvalue weighted by atomic mass is 32.2. The summed E-state index contributed by atoms with van der Waals surface area (Å²) in [5.41, 5.74) is 2.39. The number of anilines is 2. The van der Waals surface area contributed by atoms with Gasteiger partial charge < -0.3 is 14.6 Å². The van der Waals surface area contributed by atoms with Gasteiger partial charge in [0.05, 0.1) is 27.3 Å². The molecule has 0 aliphatic carbocycles. The Balaban J connectivity index is 1.51. The van der Waals surface area contributed by atoms with Crippen LogP contribution in [0.25, 0.3) is 10.2 Å². The van der Waals surface area contributed by atoms with Crippen LogP contribution < -0.4 is 19.2 Å². The lowest BCUT2D eigenvalue weighted by atomic mass is 9.86. The molecule has 3 aromatic carbocycles. The van der Waals surface area contributed by atoms with Crippen LogP contribution in [0, 0.1) is 0 Å². The highest BCUT2D eigenvalue weighted by Gasteiger charge is 2.38. The van der Waals surface area contributed by atoms with Crippen LogP contribution in [0.2, 0.25) is 0 Å². The maximum absolute atomic E-state index is 13.7. The molecule has 0 fully saturated rings. The number of aryl methyl sites for hydroxylation is 1. The Morgan fingerprint density at radius 1 is 1.05 bits per heavy atom. The van der Waals surface area contributed by atoms with Crippen molar-refractivity contribution in [2.75, 3.05) is 16.2 Å². The summed E-state index contributed by atoms with van der Waals surface area (Å²) in [6.07, 6.45) is -1.09. The molecule has 0 unspecified atom stereocenters. The van der Waals surface area contributed by atoms with Gasteiger partial charge in [-0.2, -0.15) is 0 Å². The molecule has 0 saturated carbocycles. The average Bonchev–Trinajstić information content (AvgIpc) is 3.15. The number of amides is 1. The number of carbonyl (C=O) groups excluding carboxylic acids is 1. The van der Waals surface area contributed by atoms with E-state index in [2.05, 4.69) is 5.32 Å². The van der Waals surface area contributed by atoms with Gasteiger partial charge >= 0.3 is 4.87 Å². The molecule has 5 rings (SSSR count). The van der Waals surface area contributed by atoms with Gasteiger partial charge in [-0.05, 0) is 53.4 Å². The maximum atomic E-state index is 13.7. The zero-order chi connectivity index (χ0) is 26.5. The van der Waals surface area contributed by atoms with Gasteiger partial charge in [0.25, 0.3) is 15.9 Å². The molecular formula is C27H27N3O5S2. The fourth-order valence-corrected chi connectivity index (χ4v) is 6.64. The van der Waals surface area contributed by atoms with Crippen LogP contribution >= 0.6 is 11.3 Å². The minimum Gasteiger partial charge on any atom is -0.476 e. The van der Waals surface area contributed by atoms with Crippen molar-refractivity contribution in [3.05, 3.63) is 82.0 Å². The second kappa shape index (κ2) is 9.04. The molecule has 8 nitrogen and oxygen atoms in total. The summed E-state index contributed by atoms with van der Waals surface area (Å²) in [6.45, 7) is 5.95. The molecule has 1 N–H and O–H groups in total. The third kappa shape index (κ3) is 4.62. The van der Waals surface area contributed by atoms with Gasteiger partial charge in [0.2, 0.25) is 0 Å². The number of nitrogens with zero attached hydrogens (tertiary/aromatic N) is 2. The molecule has 1 aliphatic rings. The van der Waals surface area contributed by atoms with Crippen LogP contribution in [0.4, 0.5) is 11.4 Å². The topological polar surface area (TPSA) is 97.7 Å². The quantitative estimate of drug-likeness (QED) is 0.414. The van der Waals surface area contributed by atoms with E-state index in [0.29, 0.717) is 17.1 Å². The van der Waals surface area contributed by atoms with Gasteiger partial charge in [-0.3, -0.25) is 13.9 Å². The van der Waals surface area contributed by atoms with Gasteiger partial charge in [-0.1, -0.05) is 56.4 Å². The van der Waals surface area contributed by atoms with Crippen molar-refractivity contribution in [1.82, 2.24) is 4.57 Å². The van der Waals surface area contributed by atoms with Crippen molar-refractivity contribution in [3.63, 3.8) is 0 Å². The third-order valence-electron chi connectivity index (χ3n) is 6.38. The molecule has 37 heavy (non-hydrogen) atoms. The number of nitrogens with one attached hydrogen (secondary N) is 1. The van der Waals surface area contributed by atoms with E-state index in [9.17, 15) is 18.0 Å². The van der Waals surface area contributed by atoms with Gasteiger partial charge in [0.1, 0.15) is 5.75 Å². The number of benzene rings is 3. The van der Waals surface area contributed by atoms with Crippen molar-refractivity contribution in [3.8, 4) is 5.75 Å². The van der Waals surface area contributed by atoms with Crippen LogP contribution in [-0.2, 0) is 27.3 Å². The van der Waals surface area contributed by atoms with Crippen molar-refractivity contribution in [1.29, 1.82) is 0 Å². The van der Waals surface area contributed by atoms with Crippen molar-refractivity contribution in [2.45, 2.75) is 37.2 Å². The molecule has 10 heteroatoms. The fraction of sp³-hybridized carbons (Fsp3) is 0.259. The van der Waals surface area contributed by atoms with E-state index in [-0.39, 0.29) is 21.7 Å². The van der Waals surface area contributed by atoms with E-state index in [1.165, 1.54) is 16.4 Å². The molecule has 2 heterocycles. The lowest BCUT2D eigenvalue weighted by Crippen LogP contribution is -2.49. The number of hydrogen-bond acceptors (Lipinski definition) is 6. The van der Waals surface area contributed by atoms with E-state index in [1.807, 2.05) is 32.9 Å². The van der Waals surface area contributed by atoms with Gasteiger partial charge in [-0.15, -0.1) is 0 Å². The van der Waals surface area contributed by atoms with Crippen LogP contribution in [0.3, 0.4) is 0 Å². The minimum absolute atomic E-state index is 0.0953. The number of aromatic nitrogens is 1. The highest BCUT2D eigenvalue weighted by molar-refractivity contribution is 7.92. The van der Waals surface area contributed by atoms with E-state index < -0.39 is 22.0 Å². The lowest BCUT2D eigenvalue weighted by molar-refractivity contribution is -0.122. The zero-order valence-electron chi connectivity index (χ0n) is 20.9. The number of rotatable bonds is 4. The van der Waals surface area contributed by atoms with Gasteiger partial charge in [0, 0.05) is 12.7 Å². The molecule has 0 radical (unpaired) electrons. The van der Waals surface area contributed by atoms with E-state index >= 15 is 0 Å². The summed E-state index contributed by atoms with van der Waals surface area (Å²) in [4.78, 5) is 25.3. The average molecular weight is 538 g/mol. The monoisotopic (exact) mass is 537 g/mol. The van der Waals surface area contributed by atoms with Crippen LogP contribution in [0.15, 0.2) is 76.4 Å². The molecule has 192 valence electrons. The molecule has 1 aromatic heterocycles. The SMILES string of the molecule is Cn1c(=O)sc2cc(NC(=O)[C@H]3CN(S(=O)(=O)c4ccccc4)c4cc(C(C)(C)C)ccc4O3)ccc21. The Hall–Kier alpha value is -3.63. The number of carbonyl (C=O) groups is 1. The molecular weight excluding hydrogens is 510 g/mol. The predicted molar refractivity (Wildman–Crippen MR) is 146 cm³/mol. The van der Waals surface area contributed by atoms with Crippen LogP contribution in [0.1, 0.15) is 26.3 Å². The Morgan fingerprint density at radius 3 is 2.49 bits per heavy atom. The highest BCUT2D eigenvalue weighted by Crippen LogP contribution is 2.40. The number of ether oxygens (including phenoxy) is 1. The summed E-state index contributed by atoms with van der Waals surface area (Å²) in [5.74, 6) is -0.169. The Bertz CT molecular complexity index is 1670.